The van der Waals surface area contributed by atoms with Crippen LogP contribution in [0.3, 0.4) is 0 Å². The van der Waals surface area contributed by atoms with Crippen molar-refractivity contribution in [1.82, 2.24) is 15.1 Å². The van der Waals surface area contributed by atoms with Crippen LogP contribution >= 0.6 is 12.4 Å². The highest BCUT2D eigenvalue weighted by Gasteiger charge is 2.37. The normalized spacial score (nSPS) is 24.4. The molecule has 2 aliphatic heterocycles. The van der Waals surface area contributed by atoms with E-state index in [1.54, 1.807) is 4.90 Å². The number of rotatable bonds is 4. The molecule has 0 aromatic rings. The Labute approximate surface area is 146 Å². The molecule has 2 saturated heterocycles. The number of likely N-dealkylation sites (tertiary alicyclic amines) is 1. The molecule has 2 fully saturated rings. The molecule has 0 spiro atoms. The van der Waals surface area contributed by atoms with Gasteiger partial charge in [-0.15, -0.1) is 12.4 Å². The van der Waals surface area contributed by atoms with Crippen molar-refractivity contribution in [2.24, 2.45) is 5.92 Å². The number of hydrogen-bond acceptors (Lipinski definition) is 3. The van der Waals surface area contributed by atoms with Gasteiger partial charge in [-0.05, 0) is 39.2 Å². The molecule has 9 heteroatoms. The summed E-state index contributed by atoms with van der Waals surface area (Å²) in [5.41, 5.74) is 0. The van der Waals surface area contributed by atoms with E-state index in [9.17, 15) is 22.8 Å². The third-order valence-corrected chi connectivity index (χ3v) is 4.50. The lowest BCUT2D eigenvalue weighted by Gasteiger charge is -2.36. The Hall–Kier alpha value is -1.02. The Morgan fingerprint density at radius 3 is 2.50 bits per heavy atom. The van der Waals surface area contributed by atoms with Crippen molar-refractivity contribution in [3.05, 3.63) is 0 Å². The number of carbonyl (C=O) groups is 2. The molecule has 0 aromatic heterocycles. The summed E-state index contributed by atoms with van der Waals surface area (Å²) in [6, 6.07) is -0.207. The van der Waals surface area contributed by atoms with Crippen molar-refractivity contribution in [3.8, 4) is 0 Å². The second kappa shape index (κ2) is 8.89. The Balaban J connectivity index is 0.00000288. The molecule has 2 heterocycles. The molecule has 140 valence electrons. The Morgan fingerprint density at radius 2 is 1.96 bits per heavy atom. The zero-order valence-electron chi connectivity index (χ0n) is 13.8. The minimum absolute atomic E-state index is 0. The highest BCUT2D eigenvalue weighted by atomic mass is 35.5. The number of hydrogen-bond donors (Lipinski definition) is 1. The van der Waals surface area contributed by atoms with Crippen LogP contribution in [0.4, 0.5) is 13.2 Å². The third-order valence-electron chi connectivity index (χ3n) is 4.50. The van der Waals surface area contributed by atoms with E-state index in [-0.39, 0.29) is 37.4 Å². The lowest BCUT2D eigenvalue weighted by atomic mass is 9.95. The number of nitrogens with one attached hydrogen (secondary N) is 1. The summed E-state index contributed by atoms with van der Waals surface area (Å²) in [6.45, 7) is 1.94. The molecule has 2 atom stereocenters. The predicted octanol–water partition coefficient (Wildman–Crippen LogP) is 1.81. The van der Waals surface area contributed by atoms with Gasteiger partial charge in [-0.25, -0.2) is 0 Å². The topological polar surface area (TPSA) is 52.7 Å². The summed E-state index contributed by atoms with van der Waals surface area (Å²) in [5, 5.41) is 3.13. The monoisotopic (exact) mass is 371 g/mol. The van der Waals surface area contributed by atoms with E-state index in [2.05, 4.69) is 5.32 Å². The van der Waals surface area contributed by atoms with Crippen LogP contribution in [0, 0.1) is 5.92 Å². The predicted molar refractivity (Wildman–Crippen MR) is 85.9 cm³/mol. The van der Waals surface area contributed by atoms with Gasteiger partial charge in [0.15, 0.2) is 0 Å². The van der Waals surface area contributed by atoms with E-state index in [4.69, 9.17) is 0 Å². The van der Waals surface area contributed by atoms with Crippen LogP contribution in [-0.4, -0.2) is 66.6 Å². The number of carbonyl (C=O) groups excluding carboxylic acids is 2. The van der Waals surface area contributed by atoms with Gasteiger partial charge < -0.3 is 15.1 Å². The molecule has 0 radical (unpaired) electrons. The van der Waals surface area contributed by atoms with Gasteiger partial charge in [0.2, 0.25) is 11.8 Å². The van der Waals surface area contributed by atoms with Crippen LogP contribution in [0.2, 0.25) is 0 Å². The van der Waals surface area contributed by atoms with Crippen molar-refractivity contribution < 1.29 is 22.8 Å². The van der Waals surface area contributed by atoms with E-state index >= 15 is 0 Å². The Bertz CT molecular complexity index is 442. The molecule has 1 N–H and O–H groups in total. The van der Waals surface area contributed by atoms with Crippen molar-refractivity contribution >= 4 is 24.2 Å². The number of piperidine rings is 1. The summed E-state index contributed by atoms with van der Waals surface area (Å²) in [5.74, 6) is -1.06. The van der Waals surface area contributed by atoms with Crippen LogP contribution in [0.25, 0.3) is 0 Å². The zero-order chi connectivity index (χ0) is 17.0. The zero-order valence-corrected chi connectivity index (χ0v) is 14.6. The highest BCUT2D eigenvalue weighted by molar-refractivity contribution is 5.85. The van der Waals surface area contributed by atoms with E-state index < -0.39 is 24.5 Å². The fourth-order valence-electron chi connectivity index (χ4n) is 3.31. The standard InChI is InChI=1S/C15H24F3N3O2.ClH/c1-2-20(10-15(16,17)18)13(22)11-5-4-8-21(9-11)14(23)12-6-3-7-19-12;/h11-12,19H,2-10H2,1H3;1H. The smallest absolute Gasteiger partial charge is 0.341 e. The number of nitrogens with zero attached hydrogens (tertiary/aromatic N) is 2. The van der Waals surface area contributed by atoms with Crippen LogP contribution in [-0.2, 0) is 9.59 Å². The average molecular weight is 372 g/mol. The van der Waals surface area contributed by atoms with Gasteiger partial charge in [0.05, 0.1) is 12.0 Å². The summed E-state index contributed by atoms with van der Waals surface area (Å²) in [6.07, 6.45) is -1.48. The lowest BCUT2D eigenvalue weighted by Crippen LogP contribution is -2.51. The second-order valence-electron chi connectivity index (χ2n) is 6.24. The molecule has 0 aromatic carbocycles. The van der Waals surface area contributed by atoms with Crippen LogP contribution < -0.4 is 5.32 Å². The summed E-state index contributed by atoms with van der Waals surface area (Å²) >= 11 is 0. The maximum Gasteiger partial charge on any atom is 0.406 e. The van der Waals surface area contributed by atoms with Crippen LogP contribution in [0.1, 0.15) is 32.6 Å². The summed E-state index contributed by atoms with van der Waals surface area (Å²) in [4.78, 5) is 27.2. The fraction of sp³-hybridized carbons (Fsp3) is 0.867. The first-order valence-corrected chi connectivity index (χ1v) is 8.19. The summed E-state index contributed by atoms with van der Waals surface area (Å²) in [7, 11) is 0. The maximum absolute atomic E-state index is 12.6. The average Bonchev–Trinajstić information content (AvgIpc) is 3.05. The van der Waals surface area contributed by atoms with Crippen molar-refractivity contribution in [2.75, 3.05) is 32.7 Å². The number of alkyl halides is 3. The first-order chi connectivity index (χ1) is 10.8. The van der Waals surface area contributed by atoms with E-state index in [0.717, 1.165) is 24.3 Å². The van der Waals surface area contributed by atoms with Gasteiger partial charge in [-0.1, -0.05) is 0 Å². The Morgan fingerprint density at radius 1 is 1.25 bits per heavy atom. The first kappa shape index (κ1) is 21.0. The van der Waals surface area contributed by atoms with Gasteiger partial charge in [0.1, 0.15) is 6.54 Å². The molecule has 2 aliphatic rings. The summed E-state index contributed by atoms with van der Waals surface area (Å²) < 4.78 is 37.7. The minimum atomic E-state index is -4.40. The fourth-order valence-corrected chi connectivity index (χ4v) is 3.31. The molecule has 5 nitrogen and oxygen atoms in total. The van der Waals surface area contributed by atoms with Gasteiger partial charge in [-0.3, -0.25) is 9.59 Å². The van der Waals surface area contributed by atoms with E-state index in [0.29, 0.717) is 19.4 Å². The molecule has 24 heavy (non-hydrogen) atoms. The van der Waals surface area contributed by atoms with E-state index in [1.807, 2.05) is 0 Å². The highest BCUT2D eigenvalue weighted by Crippen LogP contribution is 2.23. The van der Waals surface area contributed by atoms with Gasteiger partial charge >= 0.3 is 6.18 Å². The molecule has 0 saturated carbocycles. The lowest BCUT2D eigenvalue weighted by molar-refractivity contribution is -0.165. The molecule has 0 bridgehead atoms. The first-order valence-electron chi connectivity index (χ1n) is 8.19. The largest absolute Gasteiger partial charge is 0.406 e. The minimum Gasteiger partial charge on any atom is -0.341 e. The van der Waals surface area contributed by atoms with Crippen LogP contribution in [0.15, 0.2) is 0 Å². The molecule has 2 amide bonds. The molecule has 2 unspecified atom stereocenters. The van der Waals surface area contributed by atoms with Crippen molar-refractivity contribution in [1.29, 1.82) is 0 Å². The Kier molecular flexibility index (Phi) is 7.79. The van der Waals surface area contributed by atoms with Crippen molar-refractivity contribution in [3.63, 3.8) is 0 Å². The SMILES string of the molecule is CCN(CC(F)(F)F)C(=O)C1CCCN(C(=O)C2CCCN2)C1.Cl. The van der Waals surface area contributed by atoms with Gasteiger partial charge in [0.25, 0.3) is 0 Å². The quantitative estimate of drug-likeness (QED) is 0.820. The van der Waals surface area contributed by atoms with Gasteiger partial charge in [-0.2, -0.15) is 13.2 Å². The second-order valence-corrected chi connectivity index (χ2v) is 6.24. The molecular weight excluding hydrogens is 347 g/mol. The maximum atomic E-state index is 12.6. The number of halogens is 4. The van der Waals surface area contributed by atoms with Crippen LogP contribution in [0.5, 0.6) is 0 Å². The third kappa shape index (κ3) is 5.51. The van der Waals surface area contributed by atoms with Crippen molar-refractivity contribution in [2.45, 2.75) is 44.8 Å². The molecule has 0 aliphatic carbocycles. The van der Waals surface area contributed by atoms with E-state index in [1.165, 1.54) is 6.92 Å². The molecular formula is C15H25ClF3N3O2. The molecule has 2 rings (SSSR count). The number of amides is 2. The van der Waals surface area contributed by atoms with Gasteiger partial charge in [0, 0.05) is 19.6 Å².